The van der Waals surface area contributed by atoms with Crippen LogP contribution in [0, 0.1) is 17.8 Å². The molecule has 9 nitrogen and oxygen atoms in total. The number of allylic oxidation sites excluding steroid dienone is 2. The van der Waals surface area contributed by atoms with Crippen molar-refractivity contribution in [2.45, 2.75) is 19.3 Å². The van der Waals surface area contributed by atoms with Gasteiger partial charge in [-0.1, -0.05) is 0 Å². The van der Waals surface area contributed by atoms with Gasteiger partial charge in [-0.2, -0.15) is 0 Å². The molecule has 1 saturated carbocycles. The topological polar surface area (TPSA) is 154 Å². The highest BCUT2D eigenvalue weighted by Gasteiger charge is 2.51. The molecule has 1 aromatic heterocycles. The summed E-state index contributed by atoms with van der Waals surface area (Å²) in [6, 6.07) is 0. The molecule has 1 fully saturated rings. The Balaban J connectivity index is 1.89. The maximum absolute atomic E-state index is 13.2. The van der Waals surface area contributed by atoms with Gasteiger partial charge in [0.15, 0.2) is 11.6 Å². The molecule has 1 amide bonds. The lowest BCUT2D eigenvalue weighted by atomic mass is 9.61. The average molecular weight is 399 g/mol. The quantitative estimate of drug-likeness (QED) is 0.532. The molecule has 0 bridgehead atoms. The van der Waals surface area contributed by atoms with Crippen LogP contribution in [0.15, 0.2) is 23.1 Å². The third-order valence-corrected chi connectivity index (χ3v) is 6.04. The Kier molecular flexibility index (Phi) is 4.14. The number of aliphatic hydroxyl groups excluding tert-OH is 2. The van der Waals surface area contributed by atoms with Crippen LogP contribution in [-0.2, 0) is 20.8 Å². The molecular weight excluding hydrogens is 378 g/mol. The fourth-order valence-electron chi connectivity index (χ4n) is 4.90. The summed E-state index contributed by atoms with van der Waals surface area (Å²) in [6.07, 6.45) is 1.84. The Hall–Kier alpha value is -3.36. The number of rotatable bonds is 2. The Bertz CT molecular complexity index is 1040. The number of aliphatic hydroxyl groups is 2. The molecular formula is C20H21N3O6. The monoisotopic (exact) mass is 399 g/mol. The lowest BCUT2D eigenvalue weighted by Crippen LogP contribution is -2.44. The smallest absolute Gasteiger partial charge is 0.255 e. The number of nitrogens with two attached hydrogens (primary N) is 1. The lowest BCUT2D eigenvalue weighted by Gasteiger charge is -2.41. The number of amides is 1. The molecule has 1 heterocycles. The van der Waals surface area contributed by atoms with Gasteiger partial charge in [-0.05, 0) is 24.7 Å². The van der Waals surface area contributed by atoms with Gasteiger partial charge in [0.1, 0.15) is 28.7 Å². The van der Waals surface area contributed by atoms with Crippen molar-refractivity contribution in [2.75, 3.05) is 19.0 Å². The van der Waals surface area contributed by atoms with E-state index in [9.17, 15) is 29.7 Å². The van der Waals surface area contributed by atoms with E-state index in [-0.39, 0.29) is 29.1 Å². The van der Waals surface area contributed by atoms with Gasteiger partial charge in [-0.25, -0.2) is 4.98 Å². The zero-order chi connectivity index (χ0) is 21.2. The van der Waals surface area contributed by atoms with Gasteiger partial charge in [-0.3, -0.25) is 14.4 Å². The zero-order valence-electron chi connectivity index (χ0n) is 16.0. The van der Waals surface area contributed by atoms with Crippen molar-refractivity contribution in [2.24, 2.45) is 23.5 Å². The van der Waals surface area contributed by atoms with E-state index in [0.717, 1.165) is 0 Å². The normalized spacial score (nSPS) is 26.1. The largest absolute Gasteiger partial charge is 0.511 e. The third-order valence-electron chi connectivity index (χ3n) is 6.04. The number of ketones is 2. The third kappa shape index (κ3) is 2.60. The second kappa shape index (κ2) is 6.33. The number of hydrogen-bond donors (Lipinski definition) is 4. The minimum atomic E-state index is -1.11. The fraction of sp³-hybridized carbons (Fsp3) is 0.400. The summed E-state index contributed by atoms with van der Waals surface area (Å²) in [6.45, 7) is 0. The first-order valence-corrected chi connectivity index (χ1v) is 9.25. The molecule has 0 radical (unpaired) electrons. The van der Waals surface area contributed by atoms with E-state index < -0.39 is 46.6 Å². The number of hydrogen-bond acceptors (Lipinski definition) is 8. The number of aromatic nitrogens is 1. The Labute approximate surface area is 166 Å². The van der Waals surface area contributed by atoms with Crippen molar-refractivity contribution in [1.82, 2.24) is 4.98 Å². The summed E-state index contributed by atoms with van der Waals surface area (Å²) in [5, 5.41) is 31.7. The molecule has 152 valence electrons. The van der Waals surface area contributed by atoms with Crippen LogP contribution in [0.4, 0.5) is 5.82 Å². The first-order valence-electron chi connectivity index (χ1n) is 9.25. The maximum atomic E-state index is 13.2. The van der Waals surface area contributed by atoms with Crippen LogP contribution in [-0.4, -0.2) is 51.9 Å². The second-order valence-corrected chi connectivity index (χ2v) is 7.97. The van der Waals surface area contributed by atoms with E-state index in [1.54, 1.807) is 19.0 Å². The standard InChI is InChI=1S/C20H21N3O6/c1-23(2)20-9-4-7-3-8-5-10(24)15(19(21)29)18(28)13(8)16(26)12(7)17(27)14(9)11(25)6-22-20/h6-8,13,25,27-28H,3-5H2,1-2H3,(H2,21,29)/t7-,8?,13?/m1/s1. The highest BCUT2D eigenvalue weighted by atomic mass is 16.3. The van der Waals surface area contributed by atoms with E-state index in [1.807, 2.05) is 0 Å². The number of carbonyl (C=O) groups excluding carboxylic acids is 3. The van der Waals surface area contributed by atoms with Gasteiger partial charge in [0.2, 0.25) is 0 Å². The first-order chi connectivity index (χ1) is 13.6. The molecule has 3 aliphatic carbocycles. The summed E-state index contributed by atoms with van der Waals surface area (Å²) in [5.41, 5.74) is 5.52. The number of pyridine rings is 1. The van der Waals surface area contributed by atoms with E-state index >= 15 is 0 Å². The van der Waals surface area contributed by atoms with Crippen LogP contribution in [0.25, 0.3) is 5.76 Å². The summed E-state index contributed by atoms with van der Waals surface area (Å²) < 4.78 is 0. The van der Waals surface area contributed by atoms with E-state index in [2.05, 4.69) is 4.98 Å². The van der Waals surface area contributed by atoms with Gasteiger partial charge in [0.05, 0.1) is 17.7 Å². The molecule has 2 unspecified atom stereocenters. The molecule has 5 N–H and O–H groups in total. The van der Waals surface area contributed by atoms with Crippen LogP contribution in [0.2, 0.25) is 0 Å². The zero-order valence-corrected chi connectivity index (χ0v) is 16.0. The number of nitrogens with zero attached hydrogens (tertiary/aromatic N) is 2. The van der Waals surface area contributed by atoms with E-state index in [0.29, 0.717) is 24.2 Å². The number of anilines is 1. The predicted molar refractivity (Wildman–Crippen MR) is 102 cm³/mol. The second-order valence-electron chi connectivity index (χ2n) is 7.97. The number of fused-ring (bicyclic) bond motifs is 3. The molecule has 3 atom stereocenters. The molecule has 0 aliphatic heterocycles. The fourth-order valence-corrected chi connectivity index (χ4v) is 4.90. The Morgan fingerprint density at radius 1 is 1.21 bits per heavy atom. The van der Waals surface area contributed by atoms with Gasteiger partial charge in [-0.15, -0.1) is 0 Å². The number of aromatic hydroxyl groups is 1. The van der Waals surface area contributed by atoms with Crippen LogP contribution >= 0.6 is 0 Å². The Morgan fingerprint density at radius 2 is 1.90 bits per heavy atom. The highest BCUT2D eigenvalue weighted by molar-refractivity contribution is 6.21. The lowest BCUT2D eigenvalue weighted by molar-refractivity contribution is -0.127. The summed E-state index contributed by atoms with van der Waals surface area (Å²) >= 11 is 0. The summed E-state index contributed by atoms with van der Waals surface area (Å²) in [7, 11) is 3.57. The van der Waals surface area contributed by atoms with Crippen LogP contribution < -0.4 is 10.6 Å². The van der Waals surface area contributed by atoms with Gasteiger partial charge >= 0.3 is 0 Å². The molecule has 9 heteroatoms. The van der Waals surface area contributed by atoms with Crippen molar-refractivity contribution >= 4 is 29.1 Å². The Morgan fingerprint density at radius 3 is 2.52 bits per heavy atom. The maximum Gasteiger partial charge on any atom is 0.255 e. The molecule has 0 saturated heterocycles. The van der Waals surface area contributed by atoms with Crippen LogP contribution in [0.1, 0.15) is 24.0 Å². The molecule has 0 spiro atoms. The number of primary amides is 1. The van der Waals surface area contributed by atoms with E-state index in [4.69, 9.17) is 5.73 Å². The van der Waals surface area contributed by atoms with Crippen molar-refractivity contribution in [3.63, 3.8) is 0 Å². The van der Waals surface area contributed by atoms with Gasteiger partial charge in [0, 0.05) is 31.7 Å². The highest BCUT2D eigenvalue weighted by Crippen LogP contribution is 2.50. The van der Waals surface area contributed by atoms with Gasteiger partial charge < -0.3 is 26.0 Å². The van der Waals surface area contributed by atoms with E-state index in [1.165, 1.54) is 6.20 Å². The van der Waals surface area contributed by atoms with Crippen LogP contribution in [0.3, 0.4) is 0 Å². The van der Waals surface area contributed by atoms with Crippen molar-refractivity contribution in [1.29, 1.82) is 0 Å². The number of Topliss-reactive ketones (excluding diaryl/α,β-unsaturated/α-hetero) is 2. The molecule has 0 aromatic carbocycles. The summed E-state index contributed by atoms with van der Waals surface area (Å²) in [4.78, 5) is 43.1. The van der Waals surface area contributed by atoms with Crippen molar-refractivity contribution in [3.8, 4) is 5.75 Å². The van der Waals surface area contributed by atoms with Crippen molar-refractivity contribution in [3.05, 3.63) is 34.2 Å². The summed E-state index contributed by atoms with van der Waals surface area (Å²) in [5.74, 6) is -4.87. The molecule has 1 aromatic rings. The SMILES string of the molecule is CN(C)c1ncc(O)c2c1C[C@H]1CC3CC(=O)C(C(N)=O)=C(O)C3C(=O)C1=C2O. The predicted octanol–water partition coefficient (Wildman–Crippen LogP) is 0.770. The molecule has 3 aliphatic rings. The molecule has 29 heavy (non-hydrogen) atoms. The minimum absolute atomic E-state index is 0.0744. The first kappa shape index (κ1) is 19.0. The average Bonchev–Trinajstić information content (AvgIpc) is 2.60. The van der Waals surface area contributed by atoms with Gasteiger partial charge in [0.25, 0.3) is 5.91 Å². The minimum Gasteiger partial charge on any atom is -0.511 e. The number of carbonyl (C=O) groups is 3. The van der Waals surface area contributed by atoms with Crippen molar-refractivity contribution < 1.29 is 29.7 Å². The van der Waals surface area contributed by atoms with Crippen LogP contribution in [0.5, 0.6) is 5.75 Å². The molecule has 4 rings (SSSR count).